The number of aryl methyl sites for hydroxylation is 1. The van der Waals surface area contributed by atoms with Gasteiger partial charge in [0.15, 0.2) is 5.76 Å². The maximum Gasteiger partial charge on any atom is 0.292 e. The van der Waals surface area contributed by atoms with Gasteiger partial charge in [-0.1, -0.05) is 17.7 Å². The van der Waals surface area contributed by atoms with Crippen LogP contribution in [0.2, 0.25) is 5.02 Å². The second-order valence-corrected chi connectivity index (χ2v) is 7.77. The Kier molecular flexibility index (Phi) is 6.18. The zero-order valence-electron chi connectivity index (χ0n) is 17.4. The summed E-state index contributed by atoms with van der Waals surface area (Å²) in [5, 5.41) is 18.3. The van der Waals surface area contributed by atoms with E-state index < -0.39 is 16.7 Å². The van der Waals surface area contributed by atoms with Crippen molar-refractivity contribution in [3.05, 3.63) is 85.9 Å². The maximum absolute atomic E-state index is 12.7. The molecule has 0 unspecified atom stereocenters. The summed E-state index contributed by atoms with van der Waals surface area (Å²) in [5.41, 5.74) is 4.22. The molecule has 3 aromatic rings. The molecule has 0 fully saturated rings. The summed E-state index contributed by atoms with van der Waals surface area (Å²) in [6, 6.07) is 8.56. The number of anilines is 1. The van der Waals surface area contributed by atoms with Crippen LogP contribution in [0.4, 0.5) is 11.5 Å². The highest BCUT2D eigenvalue weighted by atomic mass is 35.5. The first kappa shape index (κ1) is 22.2. The van der Waals surface area contributed by atoms with Gasteiger partial charge in [-0.2, -0.15) is 5.10 Å². The lowest BCUT2D eigenvalue weighted by Gasteiger charge is -2.13. The molecular weight excluding hydrogens is 450 g/mol. The zero-order valence-corrected chi connectivity index (χ0v) is 18.2. The van der Waals surface area contributed by atoms with Crippen LogP contribution in [-0.2, 0) is 6.42 Å². The first-order chi connectivity index (χ1) is 15.8. The van der Waals surface area contributed by atoms with Crippen LogP contribution in [0, 0.1) is 17.0 Å². The molecule has 2 heterocycles. The molecule has 0 spiro atoms. The van der Waals surface area contributed by atoms with Crippen molar-refractivity contribution in [3.63, 3.8) is 0 Å². The lowest BCUT2D eigenvalue weighted by molar-refractivity contribution is -0.384. The molecule has 33 heavy (non-hydrogen) atoms. The molecule has 0 bridgehead atoms. The van der Waals surface area contributed by atoms with Gasteiger partial charge in [-0.3, -0.25) is 19.7 Å². The molecule has 2 amide bonds. The van der Waals surface area contributed by atoms with E-state index in [1.165, 1.54) is 30.5 Å². The maximum atomic E-state index is 12.7. The highest BCUT2D eigenvalue weighted by Crippen LogP contribution is 2.30. The average Bonchev–Trinajstić information content (AvgIpc) is 3.16. The Hall–Kier alpha value is -4.05. The first-order valence-corrected chi connectivity index (χ1v) is 10.4. The number of non-ortho nitro benzene ring substituents is 1. The van der Waals surface area contributed by atoms with E-state index in [0.717, 1.165) is 6.42 Å². The van der Waals surface area contributed by atoms with Gasteiger partial charge in [0, 0.05) is 41.4 Å². The number of furan rings is 1. The molecule has 2 aromatic heterocycles. The van der Waals surface area contributed by atoms with Gasteiger partial charge < -0.3 is 9.73 Å². The number of halogens is 1. The van der Waals surface area contributed by atoms with Gasteiger partial charge in [0.25, 0.3) is 17.5 Å². The van der Waals surface area contributed by atoms with Gasteiger partial charge in [0.05, 0.1) is 15.7 Å². The van der Waals surface area contributed by atoms with E-state index in [2.05, 4.69) is 20.8 Å². The third-order valence-corrected chi connectivity index (χ3v) is 5.34. The Morgan fingerprint density at radius 3 is 2.76 bits per heavy atom. The molecule has 0 saturated carbocycles. The number of benzene rings is 1. The molecule has 1 aromatic carbocycles. The summed E-state index contributed by atoms with van der Waals surface area (Å²) in [6.07, 6.45) is 3.35. The number of nitrogens with one attached hydrogen (secondary N) is 2. The highest BCUT2D eigenvalue weighted by Gasteiger charge is 2.28. The second-order valence-electron chi connectivity index (χ2n) is 7.33. The summed E-state index contributed by atoms with van der Waals surface area (Å²) >= 11 is 5.82. The van der Waals surface area contributed by atoms with Gasteiger partial charge in [0.2, 0.25) is 0 Å². The number of rotatable bonds is 5. The van der Waals surface area contributed by atoms with Gasteiger partial charge in [-0.15, -0.1) is 0 Å². The smallest absolute Gasteiger partial charge is 0.292 e. The average molecular weight is 468 g/mol. The Labute approximate surface area is 192 Å². The van der Waals surface area contributed by atoms with Crippen LogP contribution in [0.25, 0.3) is 0 Å². The van der Waals surface area contributed by atoms with Crippen LogP contribution in [0.3, 0.4) is 0 Å². The van der Waals surface area contributed by atoms with Crippen molar-refractivity contribution in [2.24, 2.45) is 5.10 Å². The predicted octanol–water partition coefficient (Wildman–Crippen LogP) is 4.27. The molecule has 1 aliphatic carbocycles. The molecule has 11 heteroatoms. The minimum absolute atomic E-state index is 0.115. The Morgan fingerprint density at radius 2 is 2.03 bits per heavy atom. The van der Waals surface area contributed by atoms with Crippen molar-refractivity contribution in [1.29, 1.82) is 0 Å². The number of nitro benzene ring substituents is 1. The fourth-order valence-corrected chi connectivity index (χ4v) is 3.67. The monoisotopic (exact) mass is 467 g/mol. The fourth-order valence-electron chi connectivity index (χ4n) is 3.56. The number of hydrogen-bond donors (Lipinski definition) is 2. The second kappa shape index (κ2) is 9.21. The van der Waals surface area contributed by atoms with E-state index in [0.29, 0.717) is 46.3 Å². The number of hydrogen-bond acceptors (Lipinski definition) is 7. The van der Waals surface area contributed by atoms with Crippen LogP contribution >= 0.6 is 11.6 Å². The topological polar surface area (TPSA) is 140 Å². The summed E-state index contributed by atoms with van der Waals surface area (Å²) in [4.78, 5) is 39.6. The van der Waals surface area contributed by atoms with Crippen molar-refractivity contribution in [2.45, 2.75) is 26.2 Å². The van der Waals surface area contributed by atoms with Crippen LogP contribution in [0.5, 0.6) is 0 Å². The molecule has 0 radical (unpaired) electrons. The van der Waals surface area contributed by atoms with Crippen molar-refractivity contribution in [2.75, 3.05) is 5.32 Å². The standard InChI is InChI=1S/C22H18ClN5O5/c1-12-19-16(26-27-21(29)13-4-2-5-15(10-13)28(31)32)6-3-7-17(19)33-20(12)22(30)25-18-9-8-14(23)11-24-18/h2,4-5,8-11H,3,6-7H2,1H3,(H,27,29)(H,24,25,30)/b26-16+. The molecule has 0 aliphatic heterocycles. The molecule has 0 saturated heterocycles. The van der Waals surface area contributed by atoms with E-state index in [1.54, 1.807) is 19.1 Å². The molecule has 4 rings (SSSR count). The normalized spacial score (nSPS) is 13.9. The number of aromatic nitrogens is 1. The Morgan fingerprint density at radius 1 is 1.21 bits per heavy atom. The van der Waals surface area contributed by atoms with Crippen molar-refractivity contribution in [1.82, 2.24) is 10.4 Å². The highest BCUT2D eigenvalue weighted by molar-refractivity contribution is 6.30. The molecule has 1 aliphatic rings. The van der Waals surface area contributed by atoms with Crippen LogP contribution < -0.4 is 10.7 Å². The summed E-state index contributed by atoms with van der Waals surface area (Å²) in [5.74, 6) is 0.0342. The SMILES string of the molecule is Cc1c(C(=O)Nc2ccc(Cl)cn2)oc2c1/C(=N/NC(=O)c1cccc([N+](=O)[O-])c1)CCC2. The molecule has 10 nitrogen and oxygen atoms in total. The Balaban J connectivity index is 1.55. The van der Waals surface area contributed by atoms with Crippen LogP contribution in [0.1, 0.15) is 50.6 Å². The number of carbonyl (C=O) groups excluding carboxylic acids is 2. The van der Waals surface area contributed by atoms with Crippen molar-refractivity contribution in [3.8, 4) is 0 Å². The minimum atomic E-state index is -0.578. The van der Waals surface area contributed by atoms with Gasteiger partial charge >= 0.3 is 0 Å². The number of nitrogens with zero attached hydrogens (tertiary/aromatic N) is 3. The van der Waals surface area contributed by atoms with Gasteiger partial charge in [-0.25, -0.2) is 10.4 Å². The van der Waals surface area contributed by atoms with E-state index in [1.807, 2.05) is 0 Å². The predicted molar refractivity (Wildman–Crippen MR) is 121 cm³/mol. The van der Waals surface area contributed by atoms with E-state index in [9.17, 15) is 19.7 Å². The largest absolute Gasteiger partial charge is 0.455 e. The third-order valence-electron chi connectivity index (χ3n) is 5.11. The number of hydrazone groups is 1. The lowest BCUT2D eigenvalue weighted by atomic mass is 9.93. The van der Waals surface area contributed by atoms with E-state index >= 15 is 0 Å². The van der Waals surface area contributed by atoms with E-state index in [4.69, 9.17) is 16.0 Å². The van der Waals surface area contributed by atoms with Crippen molar-refractivity contribution >= 4 is 40.6 Å². The quantitative estimate of drug-likeness (QED) is 0.424. The summed E-state index contributed by atoms with van der Waals surface area (Å²) in [7, 11) is 0. The number of nitro groups is 1. The minimum Gasteiger partial charge on any atom is -0.455 e. The van der Waals surface area contributed by atoms with Crippen molar-refractivity contribution < 1.29 is 18.9 Å². The lowest BCUT2D eigenvalue weighted by Crippen LogP contribution is -2.22. The Bertz CT molecular complexity index is 1280. The fraction of sp³-hybridized carbons (Fsp3) is 0.182. The summed E-state index contributed by atoms with van der Waals surface area (Å²) < 4.78 is 5.82. The summed E-state index contributed by atoms with van der Waals surface area (Å²) in [6.45, 7) is 1.75. The number of amides is 2. The van der Waals surface area contributed by atoms with E-state index in [-0.39, 0.29) is 17.0 Å². The molecule has 2 N–H and O–H groups in total. The van der Waals surface area contributed by atoms with Crippen LogP contribution in [0.15, 0.2) is 52.1 Å². The number of pyridine rings is 1. The molecule has 0 atom stereocenters. The number of fused-ring (bicyclic) bond motifs is 1. The zero-order chi connectivity index (χ0) is 23.5. The number of carbonyl (C=O) groups is 2. The van der Waals surface area contributed by atoms with Crippen LogP contribution in [-0.4, -0.2) is 27.4 Å². The van der Waals surface area contributed by atoms with Gasteiger partial charge in [0.1, 0.15) is 11.6 Å². The third kappa shape index (κ3) is 4.75. The molecule has 168 valence electrons. The van der Waals surface area contributed by atoms with Gasteiger partial charge in [-0.05, 0) is 38.0 Å². The first-order valence-electron chi connectivity index (χ1n) is 10.0. The molecular formula is C22H18ClN5O5.